The zero-order valence-electron chi connectivity index (χ0n) is 25.1. The Morgan fingerprint density at radius 1 is 0.867 bits per heavy atom. The lowest BCUT2D eigenvalue weighted by Gasteiger charge is -2.20. The fourth-order valence-corrected chi connectivity index (χ4v) is 5.37. The number of carbonyl (C=O) groups is 3. The van der Waals surface area contributed by atoms with E-state index >= 15 is 0 Å². The predicted octanol–water partition coefficient (Wildman–Crippen LogP) is 6.05. The first-order valence-electron chi connectivity index (χ1n) is 14.5. The van der Waals surface area contributed by atoms with Crippen LogP contribution in [0.5, 0.6) is 0 Å². The molecular formula is C34H35F2N3O6. The zero-order valence-corrected chi connectivity index (χ0v) is 25.1. The van der Waals surface area contributed by atoms with Crippen LogP contribution < -0.4 is 5.32 Å². The molecular weight excluding hydrogens is 584 g/mol. The van der Waals surface area contributed by atoms with Crippen molar-refractivity contribution in [2.75, 3.05) is 5.32 Å². The molecule has 4 N–H and O–H groups in total. The highest BCUT2D eigenvalue weighted by Crippen LogP contribution is 2.43. The average Bonchev–Trinajstić information content (AvgIpc) is 3.32. The van der Waals surface area contributed by atoms with Crippen molar-refractivity contribution in [2.45, 2.75) is 64.7 Å². The number of aromatic nitrogens is 2. The van der Waals surface area contributed by atoms with Crippen LogP contribution in [0.2, 0.25) is 0 Å². The third kappa shape index (κ3) is 8.05. The van der Waals surface area contributed by atoms with Crippen LogP contribution >= 0.6 is 0 Å². The summed E-state index contributed by atoms with van der Waals surface area (Å²) in [7, 11) is 0. The lowest BCUT2D eigenvalue weighted by Crippen LogP contribution is -2.23. The number of anilines is 1. The minimum absolute atomic E-state index is 0.111. The second-order valence-electron chi connectivity index (χ2n) is 11.1. The quantitative estimate of drug-likeness (QED) is 0.134. The lowest BCUT2D eigenvalue weighted by atomic mass is 9.92. The second-order valence-corrected chi connectivity index (χ2v) is 11.1. The number of amides is 1. The number of aliphatic carboxylic acids is 1. The zero-order chi connectivity index (χ0) is 32.8. The van der Waals surface area contributed by atoms with Gasteiger partial charge in [0.25, 0.3) is 5.91 Å². The highest BCUT2D eigenvalue weighted by atomic mass is 19.1. The predicted molar refractivity (Wildman–Crippen MR) is 165 cm³/mol. The van der Waals surface area contributed by atoms with Gasteiger partial charge in [0.1, 0.15) is 23.1 Å². The van der Waals surface area contributed by atoms with Gasteiger partial charge in [-0.2, -0.15) is 0 Å². The standard InChI is InChI=1S/C34H35F2N3O6/c1-19(2)39-28(14-13-26(41)16-27(42)17-30(43)44)31(21-4-9-24(35)10-5-21)32(22-6-11-25(36)12-7-22)33(39)34(45)38-29-15-8-23(18-37-29)20(3)40/h4-12,15,18-19,26-27,41-42H,13-14,16-17H2,1-3H3,(H,43,44)(H,37,38,45)/t26-,27-/m1/s1. The van der Waals surface area contributed by atoms with Crippen molar-refractivity contribution in [2.24, 2.45) is 0 Å². The van der Waals surface area contributed by atoms with E-state index in [-0.39, 0.29) is 42.6 Å². The molecule has 0 aliphatic heterocycles. The van der Waals surface area contributed by atoms with E-state index in [0.29, 0.717) is 33.5 Å². The third-order valence-corrected chi connectivity index (χ3v) is 7.38. The van der Waals surface area contributed by atoms with E-state index in [9.17, 15) is 33.4 Å². The van der Waals surface area contributed by atoms with Gasteiger partial charge in [0.15, 0.2) is 5.78 Å². The molecule has 0 fully saturated rings. The number of carbonyl (C=O) groups excluding carboxylic acids is 2. The first-order chi connectivity index (χ1) is 21.3. The summed E-state index contributed by atoms with van der Waals surface area (Å²) in [5, 5.41) is 32.6. The molecule has 2 heterocycles. The summed E-state index contributed by atoms with van der Waals surface area (Å²) < 4.78 is 29.9. The first-order valence-corrected chi connectivity index (χ1v) is 14.5. The van der Waals surface area contributed by atoms with Crippen molar-refractivity contribution in [3.05, 3.63) is 95.4 Å². The SMILES string of the molecule is CC(=O)c1ccc(NC(=O)c2c(-c3ccc(F)cc3)c(-c3ccc(F)cc3)c(CC[C@@H](O)C[C@@H](O)CC(=O)O)n2C(C)C)nc1. The molecule has 2 atom stereocenters. The van der Waals surface area contributed by atoms with Crippen molar-refractivity contribution in [1.29, 1.82) is 0 Å². The van der Waals surface area contributed by atoms with Crippen molar-refractivity contribution in [1.82, 2.24) is 9.55 Å². The lowest BCUT2D eigenvalue weighted by molar-refractivity contribution is -0.139. The van der Waals surface area contributed by atoms with Gasteiger partial charge in [0.05, 0.1) is 18.6 Å². The number of carboxylic acid groups (broad SMARTS) is 1. The molecule has 0 unspecified atom stereocenters. The van der Waals surface area contributed by atoms with Crippen LogP contribution in [0, 0.1) is 11.6 Å². The minimum Gasteiger partial charge on any atom is -0.481 e. The number of hydrogen-bond donors (Lipinski definition) is 4. The Bertz CT molecular complexity index is 1670. The number of benzene rings is 2. The van der Waals surface area contributed by atoms with E-state index in [4.69, 9.17) is 5.11 Å². The van der Waals surface area contributed by atoms with Gasteiger partial charge in [-0.1, -0.05) is 24.3 Å². The molecule has 1 amide bonds. The monoisotopic (exact) mass is 619 g/mol. The van der Waals surface area contributed by atoms with Gasteiger partial charge >= 0.3 is 5.97 Å². The number of carboxylic acids is 1. The van der Waals surface area contributed by atoms with E-state index in [0.717, 1.165) is 0 Å². The maximum Gasteiger partial charge on any atom is 0.305 e. The molecule has 0 aliphatic carbocycles. The molecule has 0 spiro atoms. The van der Waals surface area contributed by atoms with Crippen LogP contribution in [-0.4, -0.2) is 54.7 Å². The summed E-state index contributed by atoms with van der Waals surface area (Å²) >= 11 is 0. The van der Waals surface area contributed by atoms with E-state index in [2.05, 4.69) is 10.3 Å². The van der Waals surface area contributed by atoms with E-state index in [1.165, 1.54) is 43.5 Å². The summed E-state index contributed by atoms with van der Waals surface area (Å²) in [5.41, 5.74) is 3.31. The highest BCUT2D eigenvalue weighted by Gasteiger charge is 2.31. The normalized spacial score (nSPS) is 12.6. The van der Waals surface area contributed by atoms with Crippen LogP contribution in [0.3, 0.4) is 0 Å². The number of ketones is 1. The summed E-state index contributed by atoms with van der Waals surface area (Å²) in [5.74, 6) is -2.66. The fraction of sp³-hybridized carbons (Fsp3) is 0.294. The molecule has 11 heteroatoms. The summed E-state index contributed by atoms with van der Waals surface area (Å²) in [4.78, 5) is 41.1. The maximum atomic E-state index is 14.1. The summed E-state index contributed by atoms with van der Waals surface area (Å²) in [6.45, 7) is 5.15. The van der Waals surface area contributed by atoms with Gasteiger partial charge in [0, 0.05) is 34.6 Å². The topological polar surface area (TPSA) is 142 Å². The molecule has 9 nitrogen and oxygen atoms in total. The largest absolute Gasteiger partial charge is 0.481 e. The molecule has 4 rings (SSSR count). The number of aliphatic hydroxyl groups excluding tert-OH is 2. The number of aliphatic hydroxyl groups is 2. The third-order valence-electron chi connectivity index (χ3n) is 7.38. The fourth-order valence-electron chi connectivity index (χ4n) is 5.37. The Morgan fingerprint density at radius 3 is 1.93 bits per heavy atom. The van der Waals surface area contributed by atoms with E-state index in [1.54, 1.807) is 34.9 Å². The van der Waals surface area contributed by atoms with Crippen LogP contribution in [0.4, 0.5) is 14.6 Å². The molecule has 236 valence electrons. The van der Waals surface area contributed by atoms with Gasteiger partial charge < -0.3 is 25.2 Å². The molecule has 0 saturated heterocycles. The molecule has 2 aromatic heterocycles. The molecule has 0 saturated carbocycles. The van der Waals surface area contributed by atoms with Gasteiger partial charge in [-0.25, -0.2) is 13.8 Å². The van der Waals surface area contributed by atoms with Crippen LogP contribution in [0.15, 0.2) is 66.9 Å². The maximum absolute atomic E-state index is 14.1. The molecule has 0 aliphatic rings. The molecule has 4 aromatic rings. The van der Waals surface area contributed by atoms with Crippen molar-refractivity contribution < 1.29 is 38.5 Å². The van der Waals surface area contributed by atoms with Crippen molar-refractivity contribution >= 4 is 23.5 Å². The van der Waals surface area contributed by atoms with Gasteiger partial charge in [-0.05, 0) is 87.6 Å². The number of hydrogen-bond acceptors (Lipinski definition) is 6. The second kappa shape index (κ2) is 14.4. The minimum atomic E-state index is -1.25. The van der Waals surface area contributed by atoms with Gasteiger partial charge in [-0.3, -0.25) is 14.4 Å². The Kier molecular flexibility index (Phi) is 10.6. The van der Waals surface area contributed by atoms with E-state index < -0.39 is 42.1 Å². The highest BCUT2D eigenvalue weighted by molar-refractivity contribution is 6.11. The van der Waals surface area contributed by atoms with Crippen LogP contribution in [-0.2, 0) is 11.2 Å². The number of nitrogens with one attached hydrogen (secondary N) is 1. The number of halogens is 2. The number of nitrogens with zero attached hydrogens (tertiary/aromatic N) is 2. The van der Waals surface area contributed by atoms with Crippen LogP contribution in [0.25, 0.3) is 22.3 Å². The number of pyridine rings is 1. The average molecular weight is 620 g/mol. The Labute approximate surface area is 259 Å². The Balaban J connectivity index is 1.90. The number of Topliss-reactive ketones (excluding diaryl/α,β-unsaturated/α-hetero) is 1. The van der Waals surface area contributed by atoms with E-state index in [1.807, 2.05) is 13.8 Å². The first kappa shape index (κ1) is 33.2. The van der Waals surface area contributed by atoms with Crippen molar-refractivity contribution in [3.8, 4) is 22.3 Å². The molecule has 0 bridgehead atoms. The number of rotatable bonds is 13. The Hall–Kier alpha value is -4.74. The molecule has 2 aromatic carbocycles. The summed E-state index contributed by atoms with van der Waals surface area (Å²) in [6, 6.07) is 14.1. The molecule has 0 radical (unpaired) electrons. The smallest absolute Gasteiger partial charge is 0.305 e. The van der Waals surface area contributed by atoms with Crippen LogP contribution in [0.1, 0.15) is 72.6 Å². The Morgan fingerprint density at radius 2 is 1.44 bits per heavy atom. The molecule has 45 heavy (non-hydrogen) atoms. The van der Waals surface area contributed by atoms with Gasteiger partial charge in [0.2, 0.25) is 0 Å². The van der Waals surface area contributed by atoms with Gasteiger partial charge in [-0.15, -0.1) is 0 Å². The summed E-state index contributed by atoms with van der Waals surface area (Å²) in [6.07, 6.45) is -1.33. The van der Waals surface area contributed by atoms with Crippen molar-refractivity contribution in [3.63, 3.8) is 0 Å².